The van der Waals surface area contributed by atoms with E-state index in [9.17, 15) is 4.79 Å². The molecule has 0 saturated heterocycles. The number of hydrogen-bond acceptors (Lipinski definition) is 3. The van der Waals surface area contributed by atoms with Crippen molar-refractivity contribution in [2.24, 2.45) is 0 Å². The molecule has 3 aromatic carbocycles. The largest absolute Gasteiger partial charge is 0.324 e. The first-order valence-electron chi connectivity index (χ1n) is 9.50. The van der Waals surface area contributed by atoms with Crippen LogP contribution >= 0.6 is 23.4 Å². The molecule has 1 amide bonds. The van der Waals surface area contributed by atoms with Crippen LogP contribution in [0.2, 0.25) is 5.02 Å². The van der Waals surface area contributed by atoms with Crippen LogP contribution < -0.4 is 5.32 Å². The Hall–Kier alpha value is -3.02. The first-order chi connectivity index (χ1) is 14.6. The molecule has 30 heavy (non-hydrogen) atoms. The monoisotopic (exact) mass is 433 g/mol. The van der Waals surface area contributed by atoms with E-state index in [1.165, 1.54) is 11.8 Å². The maximum Gasteiger partial charge on any atom is 0.234 e. The second-order valence-corrected chi connectivity index (χ2v) is 8.10. The Morgan fingerprint density at radius 2 is 1.70 bits per heavy atom. The minimum atomic E-state index is -0.131. The average molecular weight is 434 g/mol. The molecule has 0 saturated carbocycles. The number of carbonyl (C=O) groups is 1. The Balaban J connectivity index is 1.60. The first-order valence-corrected chi connectivity index (χ1v) is 10.9. The van der Waals surface area contributed by atoms with Crippen molar-refractivity contribution < 1.29 is 4.79 Å². The zero-order valence-electron chi connectivity index (χ0n) is 16.4. The summed E-state index contributed by atoms with van der Waals surface area (Å²) in [7, 11) is 0. The van der Waals surface area contributed by atoms with Gasteiger partial charge >= 0.3 is 0 Å². The summed E-state index contributed by atoms with van der Waals surface area (Å²) in [6, 6.07) is 25.4. The molecule has 1 N–H and O–H groups in total. The van der Waals surface area contributed by atoms with Crippen LogP contribution in [0.15, 0.2) is 90.2 Å². The van der Waals surface area contributed by atoms with Gasteiger partial charge in [-0.3, -0.25) is 9.36 Å². The molecule has 0 atom stereocenters. The Morgan fingerprint density at radius 1 is 1.00 bits per heavy atom. The van der Waals surface area contributed by atoms with Crippen molar-refractivity contribution in [2.75, 3.05) is 11.1 Å². The summed E-state index contributed by atoms with van der Waals surface area (Å²) < 4.78 is 2.05. The second kappa shape index (κ2) is 9.20. The summed E-state index contributed by atoms with van der Waals surface area (Å²) in [4.78, 5) is 17.3. The number of benzene rings is 3. The minimum absolute atomic E-state index is 0.131. The van der Waals surface area contributed by atoms with Gasteiger partial charge in [0.2, 0.25) is 5.91 Å². The number of anilines is 1. The molecule has 0 unspecified atom stereocenters. The van der Waals surface area contributed by atoms with Crippen LogP contribution in [0.3, 0.4) is 0 Å². The van der Waals surface area contributed by atoms with Gasteiger partial charge in [0.05, 0.1) is 27.8 Å². The summed E-state index contributed by atoms with van der Waals surface area (Å²) in [5.74, 6) is 0.0937. The van der Waals surface area contributed by atoms with Gasteiger partial charge in [-0.25, -0.2) is 4.98 Å². The predicted octanol–water partition coefficient (Wildman–Crippen LogP) is 6.23. The highest BCUT2D eigenvalue weighted by Gasteiger charge is 2.15. The fourth-order valence-electron chi connectivity index (χ4n) is 3.10. The summed E-state index contributed by atoms with van der Waals surface area (Å²) >= 11 is 7.54. The van der Waals surface area contributed by atoms with E-state index >= 15 is 0 Å². The summed E-state index contributed by atoms with van der Waals surface area (Å²) in [6.07, 6.45) is 2.02. The Labute approximate surface area is 184 Å². The molecular formula is C24H20ClN3OS. The van der Waals surface area contributed by atoms with Crippen LogP contribution in [-0.2, 0) is 4.79 Å². The zero-order valence-corrected chi connectivity index (χ0v) is 18.0. The molecule has 0 spiro atoms. The van der Waals surface area contributed by atoms with Crippen molar-refractivity contribution in [1.82, 2.24) is 9.55 Å². The number of rotatable bonds is 6. The van der Waals surface area contributed by atoms with E-state index in [1.807, 2.05) is 65.4 Å². The van der Waals surface area contributed by atoms with Gasteiger partial charge < -0.3 is 5.32 Å². The van der Waals surface area contributed by atoms with E-state index in [4.69, 9.17) is 16.6 Å². The fourth-order valence-corrected chi connectivity index (χ4v) is 4.07. The minimum Gasteiger partial charge on any atom is -0.324 e. The number of amides is 1. The lowest BCUT2D eigenvalue weighted by molar-refractivity contribution is -0.113. The van der Waals surface area contributed by atoms with Gasteiger partial charge in [0, 0.05) is 11.8 Å². The lowest BCUT2D eigenvalue weighted by atomic mass is 10.2. The first kappa shape index (κ1) is 20.3. The molecule has 0 radical (unpaired) electrons. The van der Waals surface area contributed by atoms with Crippen molar-refractivity contribution in [3.63, 3.8) is 0 Å². The predicted molar refractivity (Wildman–Crippen MR) is 125 cm³/mol. The third kappa shape index (κ3) is 4.58. The van der Waals surface area contributed by atoms with Crippen molar-refractivity contribution in [2.45, 2.75) is 12.1 Å². The second-order valence-electron chi connectivity index (χ2n) is 6.75. The van der Waals surface area contributed by atoms with E-state index in [0.29, 0.717) is 10.7 Å². The lowest BCUT2D eigenvalue weighted by Gasteiger charge is -2.10. The number of imidazole rings is 1. The summed E-state index contributed by atoms with van der Waals surface area (Å²) in [5, 5.41) is 4.14. The lowest BCUT2D eigenvalue weighted by Crippen LogP contribution is -2.14. The maximum absolute atomic E-state index is 12.5. The molecule has 4 aromatic rings. The van der Waals surface area contributed by atoms with Gasteiger partial charge in [0.1, 0.15) is 0 Å². The molecule has 0 fully saturated rings. The Bertz CT molecular complexity index is 1170. The standard InChI is InChI=1S/C24H20ClN3OS/c1-17-9-5-8-14-22(17)28-15-21(18-10-3-2-4-11-18)27-24(28)30-16-23(29)26-20-13-7-6-12-19(20)25/h2-15H,16H2,1H3,(H,26,29). The van der Waals surface area contributed by atoms with Gasteiger partial charge in [0.15, 0.2) is 5.16 Å². The van der Waals surface area contributed by atoms with Crippen LogP contribution in [-0.4, -0.2) is 21.2 Å². The molecule has 4 nitrogen and oxygen atoms in total. The highest BCUT2D eigenvalue weighted by molar-refractivity contribution is 7.99. The van der Waals surface area contributed by atoms with E-state index in [2.05, 4.69) is 24.4 Å². The van der Waals surface area contributed by atoms with Gasteiger partial charge in [-0.1, -0.05) is 84.0 Å². The highest BCUT2D eigenvalue weighted by Crippen LogP contribution is 2.29. The van der Waals surface area contributed by atoms with Crippen LogP contribution in [0.4, 0.5) is 5.69 Å². The van der Waals surface area contributed by atoms with Crippen molar-refractivity contribution in [3.05, 3.63) is 95.6 Å². The molecule has 0 aliphatic rings. The van der Waals surface area contributed by atoms with E-state index < -0.39 is 0 Å². The third-order valence-corrected chi connectivity index (χ3v) is 5.88. The molecule has 1 aromatic heterocycles. The molecular weight excluding hydrogens is 414 g/mol. The van der Waals surface area contributed by atoms with Gasteiger partial charge in [-0.15, -0.1) is 0 Å². The number of nitrogens with one attached hydrogen (secondary N) is 1. The number of hydrogen-bond donors (Lipinski definition) is 1. The molecule has 0 aliphatic heterocycles. The Kier molecular flexibility index (Phi) is 6.21. The van der Waals surface area contributed by atoms with Crippen molar-refractivity contribution in [1.29, 1.82) is 0 Å². The van der Waals surface area contributed by atoms with Crippen LogP contribution in [0, 0.1) is 6.92 Å². The highest BCUT2D eigenvalue weighted by atomic mass is 35.5. The third-order valence-electron chi connectivity index (χ3n) is 4.60. The number of para-hydroxylation sites is 2. The maximum atomic E-state index is 12.5. The van der Waals surface area contributed by atoms with E-state index in [1.54, 1.807) is 12.1 Å². The van der Waals surface area contributed by atoms with E-state index in [0.717, 1.165) is 27.7 Å². The quantitative estimate of drug-likeness (QED) is 0.366. The van der Waals surface area contributed by atoms with Gasteiger partial charge in [0.25, 0.3) is 0 Å². The molecule has 0 bridgehead atoms. The Morgan fingerprint density at radius 3 is 2.47 bits per heavy atom. The number of halogens is 1. The number of aryl methyl sites for hydroxylation is 1. The van der Waals surface area contributed by atoms with E-state index in [-0.39, 0.29) is 11.7 Å². The molecule has 6 heteroatoms. The number of nitrogens with zero attached hydrogens (tertiary/aromatic N) is 2. The van der Waals surface area contributed by atoms with Crippen LogP contribution in [0.1, 0.15) is 5.56 Å². The molecule has 4 rings (SSSR count). The molecule has 150 valence electrons. The summed E-state index contributed by atoms with van der Waals surface area (Å²) in [5.41, 5.74) is 4.69. The molecule has 0 aliphatic carbocycles. The average Bonchev–Trinajstić information content (AvgIpc) is 3.19. The zero-order chi connectivity index (χ0) is 20.9. The van der Waals surface area contributed by atoms with Crippen LogP contribution in [0.25, 0.3) is 16.9 Å². The summed E-state index contributed by atoms with van der Waals surface area (Å²) in [6.45, 7) is 2.07. The smallest absolute Gasteiger partial charge is 0.234 e. The topological polar surface area (TPSA) is 46.9 Å². The molecule has 1 heterocycles. The van der Waals surface area contributed by atoms with Crippen molar-refractivity contribution >= 4 is 35.0 Å². The number of thioether (sulfide) groups is 1. The number of carbonyl (C=O) groups excluding carboxylic acids is 1. The number of aromatic nitrogens is 2. The SMILES string of the molecule is Cc1ccccc1-n1cc(-c2ccccc2)nc1SCC(=O)Nc1ccccc1Cl. The fraction of sp³-hybridized carbons (Fsp3) is 0.0833. The van der Waals surface area contributed by atoms with Crippen LogP contribution in [0.5, 0.6) is 0 Å². The van der Waals surface area contributed by atoms with Gasteiger partial charge in [-0.2, -0.15) is 0 Å². The van der Waals surface area contributed by atoms with Gasteiger partial charge in [-0.05, 0) is 30.7 Å². The van der Waals surface area contributed by atoms with Crippen molar-refractivity contribution in [3.8, 4) is 16.9 Å². The normalized spacial score (nSPS) is 10.7.